The van der Waals surface area contributed by atoms with Gasteiger partial charge in [0.2, 0.25) is 17.7 Å². The summed E-state index contributed by atoms with van der Waals surface area (Å²) in [5.74, 6) is 0.959. The van der Waals surface area contributed by atoms with Gasteiger partial charge in [0.15, 0.2) is 0 Å². The highest BCUT2D eigenvalue weighted by Crippen LogP contribution is 2.31. The van der Waals surface area contributed by atoms with E-state index < -0.39 is 11.9 Å². The van der Waals surface area contributed by atoms with Gasteiger partial charge in [-0.3, -0.25) is 24.5 Å². The van der Waals surface area contributed by atoms with E-state index in [0.29, 0.717) is 42.4 Å². The Balaban J connectivity index is 1.22. The van der Waals surface area contributed by atoms with E-state index >= 15 is 0 Å². The number of amides is 4. The van der Waals surface area contributed by atoms with Crippen molar-refractivity contribution in [1.82, 2.24) is 15.1 Å². The zero-order chi connectivity index (χ0) is 27.5. The minimum Gasteiger partial charge on any atom is -0.497 e. The molecule has 1 unspecified atom stereocenters. The van der Waals surface area contributed by atoms with Gasteiger partial charge in [-0.15, -0.1) is 0 Å². The standard InChI is InChI=1S/C29H33N3O7/c1-37-22-11-18(12-23(15-22)38-2)13-27(34)31-10-4-3-5-20(31)17-39-21-6-7-24-19(14-21)16-32(29(24)36)25-8-9-26(33)30-28(25)35/h6-7,11-12,14-15,20,25H,3-5,8-10,13,16-17H2,1-2H3,(H,30,33,35)/t20-,25?/m0/s1. The maximum Gasteiger partial charge on any atom is 0.255 e. The molecule has 0 bridgehead atoms. The van der Waals surface area contributed by atoms with Gasteiger partial charge in [-0.05, 0) is 67.1 Å². The number of carbonyl (C=O) groups is 4. The van der Waals surface area contributed by atoms with Gasteiger partial charge in [0.1, 0.15) is 29.9 Å². The maximum absolute atomic E-state index is 13.3. The van der Waals surface area contributed by atoms with E-state index in [9.17, 15) is 19.2 Å². The summed E-state index contributed by atoms with van der Waals surface area (Å²) < 4.78 is 16.8. The SMILES string of the molecule is COc1cc(CC(=O)N2CCCC[C@H]2COc2ccc3c(c2)CN(C2CCC(=O)NC2=O)C3=O)cc(OC)c1. The van der Waals surface area contributed by atoms with Crippen molar-refractivity contribution in [3.05, 3.63) is 53.1 Å². The van der Waals surface area contributed by atoms with Gasteiger partial charge < -0.3 is 24.0 Å². The molecular formula is C29H33N3O7. The van der Waals surface area contributed by atoms with Crippen LogP contribution in [0.3, 0.4) is 0 Å². The van der Waals surface area contributed by atoms with Crippen LogP contribution in [0.1, 0.15) is 53.6 Å². The van der Waals surface area contributed by atoms with E-state index in [1.165, 1.54) is 4.90 Å². The number of benzene rings is 2. The predicted octanol–water partition coefficient (Wildman–Crippen LogP) is 2.47. The first kappa shape index (κ1) is 26.5. The molecule has 206 valence electrons. The number of rotatable bonds is 8. The Bertz CT molecular complexity index is 1270. The number of likely N-dealkylation sites (tertiary alicyclic amines) is 1. The van der Waals surface area contributed by atoms with Crippen LogP contribution in [-0.2, 0) is 27.3 Å². The Morgan fingerprint density at radius 2 is 1.74 bits per heavy atom. The number of imide groups is 1. The molecule has 2 aromatic rings. The van der Waals surface area contributed by atoms with Crippen LogP contribution in [0.5, 0.6) is 17.2 Å². The Labute approximate surface area is 227 Å². The van der Waals surface area contributed by atoms with Crippen LogP contribution in [-0.4, -0.2) is 72.9 Å². The number of fused-ring (bicyclic) bond motifs is 1. The number of hydrogen-bond donors (Lipinski definition) is 1. The molecule has 2 aromatic carbocycles. The molecule has 3 aliphatic heterocycles. The summed E-state index contributed by atoms with van der Waals surface area (Å²) >= 11 is 0. The molecule has 10 heteroatoms. The second-order valence-electron chi connectivity index (χ2n) is 10.2. The molecule has 0 aliphatic carbocycles. The molecule has 0 spiro atoms. The van der Waals surface area contributed by atoms with Crippen LogP contribution in [0.25, 0.3) is 0 Å². The molecule has 2 saturated heterocycles. The van der Waals surface area contributed by atoms with Crippen molar-refractivity contribution in [3.8, 4) is 17.2 Å². The lowest BCUT2D eigenvalue weighted by atomic mass is 10.0. The minimum atomic E-state index is -0.654. The van der Waals surface area contributed by atoms with Gasteiger partial charge in [0.05, 0.1) is 26.7 Å². The number of nitrogens with zero attached hydrogens (tertiary/aromatic N) is 2. The van der Waals surface area contributed by atoms with Crippen molar-refractivity contribution in [3.63, 3.8) is 0 Å². The molecule has 10 nitrogen and oxygen atoms in total. The minimum absolute atomic E-state index is 0.0260. The Morgan fingerprint density at radius 3 is 2.46 bits per heavy atom. The number of methoxy groups -OCH3 is 2. The van der Waals surface area contributed by atoms with E-state index in [1.54, 1.807) is 32.4 Å². The van der Waals surface area contributed by atoms with Crippen molar-refractivity contribution >= 4 is 23.6 Å². The van der Waals surface area contributed by atoms with Crippen molar-refractivity contribution in [2.45, 2.75) is 57.2 Å². The first-order valence-electron chi connectivity index (χ1n) is 13.3. The van der Waals surface area contributed by atoms with Crippen molar-refractivity contribution in [2.24, 2.45) is 0 Å². The van der Waals surface area contributed by atoms with E-state index in [-0.39, 0.29) is 43.1 Å². The third-order valence-electron chi connectivity index (χ3n) is 7.65. The fraction of sp³-hybridized carbons (Fsp3) is 0.448. The molecule has 0 aromatic heterocycles. The van der Waals surface area contributed by atoms with Crippen LogP contribution in [0.2, 0.25) is 0 Å². The Morgan fingerprint density at radius 1 is 0.974 bits per heavy atom. The quantitative estimate of drug-likeness (QED) is 0.517. The van der Waals surface area contributed by atoms with E-state index in [0.717, 1.165) is 30.4 Å². The predicted molar refractivity (Wildman–Crippen MR) is 141 cm³/mol. The molecule has 2 fully saturated rings. The fourth-order valence-corrected chi connectivity index (χ4v) is 5.58. The van der Waals surface area contributed by atoms with E-state index in [2.05, 4.69) is 5.32 Å². The van der Waals surface area contributed by atoms with Gasteiger partial charge >= 0.3 is 0 Å². The lowest BCUT2D eigenvalue weighted by Crippen LogP contribution is -2.52. The van der Waals surface area contributed by atoms with Gasteiger partial charge in [0.25, 0.3) is 5.91 Å². The number of carbonyl (C=O) groups excluding carboxylic acids is 4. The van der Waals surface area contributed by atoms with Gasteiger partial charge in [-0.2, -0.15) is 0 Å². The largest absolute Gasteiger partial charge is 0.497 e. The number of hydrogen-bond acceptors (Lipinski definition) is 7. The van der Waals surface area contributed by atoms with Crippen molar-refractivity contribution in [2.75, 3.05) is 27.4 Å². The number of piperidine rings is 2. The summed E-state index contributed by atoms with van der Waals surface area (Å²) in [7, 11) is 3.17. The molecule has 0 radical (unpaired) electrons. The zero-order valence-electron chi connectivity index (χ0n) is 22.2. The maximum atomic E-state index is 13.3. The second kappa shape index (κ2) is 11.3. The van der Waals surface area contributed by atoms with Crippen LogP contribution < -0.4 is 19.5 Å². The average Bonchev–Trinajstić information content (AvgIpc) is 3.26. The third-order valence-corrected chi connectivity index (χ3v) is 7.65. The normalized spacial score (nSPS) is 20.9. The highest BCUT2D eigenvalue weighted by atomic mass is 16.5. The first-order chi connectivity index (χ1) is 18.9. The summed E-state index contributed by atoms with van der Waals surface area (Å²) in [6, 6.07) is 10.1. The average molecular weight is 536 g/mol. The summed E-state index contributed by atoms with van der Waals surface area (Å²) in [6.45, 7) is 1.31. The van der Waals surface area contributed by atoms with E-state index in [4.69, 9.17) is 14.2 Å². The monoisotopic (exact) mass is 535 g/mol. The first-order valence-corrected chi connectivity index (χ1v) is 13.3. The van der Waals surface area contributed by atoms with Gasteiger partial charge in [0, 0.05) is 31.1 Å². The molecule has 39 heavy (non-hydrogen) atoms. The smallest absolute Gasteiger partial charge is 0.255 e. The third kappa shape index (κ3) is 5.69. The molecule has 4 amide bonds. The van der Waals surface area contributed by atoms with Crippen molar-refractivity contribution in [1.29, 1.82) is 0 Å². The lowest BCUT2D eigenvalue weighted by molar-refractivity contribution is -0.137. The van der Waals surface area contributed by atoms with Crippen molar-refractivity contribution < 1.29 is 33.4 Å². The molecule has 1 N–H and O–H groups in total. The molecule has 3 heterocycles. The Hall–Kier alpha value is -4.08. The molecule has 2 atom stereocenters. The topological polar surface area (TPSA) is 114 Å². The number of nitrogens with one attached hydrogen (secondary N) is 1. The van der Waals surface area contributed by atoms with Crippen LogP contribution in [0.15, 0.2) is 36.4 Å². The highest BCUT2D eigenvalue weighted by molar-refractivity contribution is 6.05. The molecule has 0 saturated carbocycles. The van der Waals surface area contributed by atoms with Crippen LogP contribution in [0.4, 0.5) is 0 Å². The Kier molecular flexibility index (Phi) is 7.72. The molecule has 5 rings (SSSR count). The summed E-state index contributed by atoms with van der Waals surface area (Å²) in [6.07, 6.45) is 3.58. The van der Waals surface area contributed by atoms with E-state index in [1.807, 2.05) is 23.1 Å². The van der Waals surface area contributed by atoms with Crippen LogP contribution >= 0.6 is 0 Å². The highest BCUT2D eigenvalue weighted by Gasteiger charge is 2.39. The summed E-state index contributed by atoms with van der Waals surface area (Å²) in [5, 5.41) is 2.32. The lowest BCUT2D eigenvalue weighted by Gasteiger charge is -2.35. The van der Waals surface area contributed by atoms with Crippen LogP contribution in [0, 0.1) is 0 Å². The number of ether oxygens (including phenoxy) is 3. The molecule has 3 aliphatic rings. The summed E-state index contributed by atoms with van der Waals surface area (Å²) in [4.78, 5) is 53.5. The second-order valence-corrected chi connectivity index (χ2v) is 10.2. The molecular weight excluding hydrogens is 502 g/mol. The van der Waals surface area contributed by atoms with Gasteiger partial charge in [-0.1, -0.05) is 0 Å². The van der Waals surface area contributed by atoms with Gasteiger partial charge in [-0.25, -0.2) is 0 Å². The zero-order valence-corrected chi connectivity index (χ0v) is 22.2. The summed E-state index contributed by atoms with van der Waals surface area (Å²) in [5.41, 5.74) is 2.14. The fourth-order valence-electron chi connectivity index (χ4n) is 5.58.